The van der Waals surface area contributed by atoms with E-state index in [1.54, 1.807) is 6.20 Å². The van der Waals surface area contributed by atoms with Crippen molar-refractivity contribution in [3.63, 3.8) is 0 Å². The molecule has 0 aliphatic carbocycles. The number of nitrogens with zero attached hydrogens (tertiary/aromatic N) is 4. The summed E-state index contributed by atoms with van der Waals surface area (Å²) >= 11 is 0. The number of hydrogen-bond donors (Lipinski definition) is 0. The Morgan fingerprint density at radius 2 is 1.45 bits per heavy atom. The van der Waals surface area contributed by atoms with Gasteiger partial charge in [0.05, 0.1) is 22.9 Å². The van der Waals surface area contributed by atoms with Gasteiger partial charge < -0.3 is 0 Å². The number of imidazole rings is 1. The Kier molecular flexibility index (Phi) is 4.78. The van der Waals surface area contributed by atoms with E-state index in [4.69, 9.17) is 4.98 Å². The van der Waals surface area contributed by atoms with Crippen LogP contribution in [0.4, 0.5) is 0 Å². The summed E-state index contributed by atoms with van der Waals surface area (Å²) in [7, 11) is 0. The Labute approximate surface area is 182 Å². The van der Waals surface area contributed by atoms with E-state index in [-0.39, 0.29) is 0 Å². The highest BCUT2D eigenvalue weighted by Gasteiger charge is 2.23. The van der Waals surface area contributed by atoms with E-state index in [9.17, 15) is 0 Å². The molecule has 5 rings (SSSR count). The third-order valence-corrected chi connectivity index (χ3v) is 5.88. The van der Waals surface area contributed by atoms with Gasteiger partial charge in [0.2, 0.25) is 0 Å². The minimum atomic E-state index is 0.376. The fourth-order valence-electron chi connectivity index (χ4n) is 4.37. The summed E-state index contributed by atoms with van der Waals surface area (Å²) in [6.45, 7) is 9.02. The van der Waals surface area contributed by atoms with Crippen molar-refractivity contribution in [1.82, 2.24) is 19.5 Å². The molecule has 3 aromatic heterocycles. The first-order chi connectivity index (χ1) is 15.1. The van der Waals surface area contributed by atoms with Crippen LogP contribution in [0.15, 0.2) is 73.2 Å². The second-order valence-corrected chi connectivity index (χ2v) is 8.62. The van der Waals surface area contributed by atoms with Crippen molar-refractivity contribution >= 4 is 21.9 Å². The van der Waals surface area contributed by atoms with Crippen molar-refractivity contribution < 1.29 is 0 Å². The number of rotatable bonds is 4. The Hall–Kier alpha value is -3.53. The molecule has 2 aromatic carbocycles. The van der Waals surface area contributed by atoms with Crippen LogP contribution in [-0.2, 0) is 0 Å². The predicted octanol–water partition coefficient (Wildman–Crippen LogP) is 6.88. The quantitative estimate of drug-likeness (QED) is 0.327. The smallest absolute Gasteiger partial charge is 0.145 e. The molecule has 0 aliphatic rings. The van der Waals surface area contributed by atoms with Gasteiger partial charge in [-0.3, -0.25) is 14.5 Å². The van der Waals surface area contributed by atoms with Gasteiger partial charge >= 0.3 is 0 Å². The number of hydrogen-bond acceptors (Lipinski definition) is 3. The Balaban J connectivity index is 2.01. The van der Waals surface area contributed by atoms with E-state index in [1.165, 1.54) is 16.8 Å². The van der Waals surface area contributed by atoms with E-state index >= 15 is 0 Å². The number of para-hydroxylation sites is 1. The zero-order valence-corrected chi connectivity index (χ0v) is 18.4. The third kappa shape index (κ3) is 3.19. The number of pyridine rings is 2. The zero-order valence-electron chi connectivity index (χ0n) is 18.4. The molecule has 0 spiro atoms. The van der Waals surface area contributed by atoms with Gasteiger partial charge in [-0.25, -0.2) is 4.98 Å². The molecule has 0 bridgehead atoms. The Bertz CT molecular complexity index is 1350. The van der Waals surface area contributed by atoms with Gasteiger partial charge in [0.15, 0.2) is 0 Å². The van der Waals surface area contributed by atoms with Crippen molar-refractivity contribution in [2.45, 2.75) is 39.5 Å². The lowest BCUT2D eigenvalue weighted by molar-refractivity contribution is 0.811. The molecule has 4 nitrogen and oxygen atoms in total. The average Bonchev–Trinajstić information content (AvgIpc) is 3.19. The highest BCUT2D eigenvalue weighted by atomic mass is 15.1. The molecule has 4 heteroatoms. The predicted molar refractivity (Wildman–Crippen MR) is 128 cm³/mol. The molecule has 154 valence electrons. The Morgan fingerprint density at radius 1 is 0.742 bits per heavy atom. The van der Waals surface area contributed by atoms with Crippen LogP contribution in [-0.4, -0.2) is 19.5 Å². The van der Waals surface area contributed by atoms with E-state index < -0.39 is 0 Å². The van der Waals surface area contributed by atoms with Crippen molar-refractivity contribution in [2.24, 2.45) is 0 Å². The maximum Gasteiger partial charge on any atom is 0.145 e. The van der Waals surface area contributed by atoms with Crippen LogP contribution in [0.3, 0.4) is 0 Å². The first-order valence-corrected chi connectivity index (χ1v) is 10.9. The summed E-state index contributed by atoms with van der Waals surface area (Å²) in [5.74, 6) is 1.69. The van der Waals surface area contributed by atoms with Gasteiger partial charge in [-0.2, -0.15) is 0 Å². The van der Waals surface area contributed by atoms with E-state index in [2.05, 4.69) is 84.7 Å². The normalized spacial score (nSPS) is 11.8. The molecule has 0 N–H and O–H groups in total. The fraction of sp³-hybridized carbons (Fsp3) is 0.222. The van der Waals surface area contributed by atoms with Gasteiger partial charge in [-0.15, -0.1) is 0 Å². The summed E-state index contributed by atoms with van der Waals surface area (Å²) < 4.78 is 2.35. The number of aromatic nitrogens is 4. The average molecular weight is 407 g/mol. The maximum absolute atomic E-state index is 5.08. The van der Waals surface area contributed by atoms with E-state index in [0.717, 1.165) is 33.3 Å². The number of fused-ring (bicyclic) bond motifs is 3. The van der Waals surface area contributed by atoms with Crippen molar-refractivity contribution in [2.75, 3.05) is 0 Å². The van der Waals surface area contributed by atoms with Gasteiger partial charge in [0, 0.05) is 23.3 Å². The maximum atomic E-state index is 5.08. The van der Waals surface area contributed by atoms with Crippen LogP contribution in [0.1, 0.15) is 50.7 Å². The van der Waals surface area contributed by atoms with Crippen LogP contribution in [0, 0.1) is 0 Å². The van der Waals surface area contributed by atoms with Crippen LogP contribution in [0.2, 0.25) is 0 Å². The summed E-state index contributed by atoms with van der Waals surface area (Å²) in [6, 6.07) is 19.0. The highest BCUT2D eigenvalue weighted by molar-refractivity contribution is 6.04. The van der Waals surface area contributed by atoms with Gasteiger partial charge in [-0.1, -0.05) is 76.2 Å². The summed E-state index contributed by atoms with van der Waals surface area (Å²) in [4.78, 5) is 14.1. The largest absolute Gasteiger partial charge is 0.291 e. The van der Waals surface area contributed by atoms with E-state index in [0.29, 0.717) is 11.8 Å². The molecule has 5 aromatic rings. The second kappa shape index (κ2) is 7.62. The Morgan fingerprint density at radius 3 is 2.13 bits per heavy atom. The van der Waals surface area contributed by atoms with Crippen LogP contribution in [0.25, 0.3) is 39.0 Å². The first kappa shape index (κ1) is 19.4. The molecule has 31 heavy (non-hydrogen) atoms. The molecular weight excluding hydrogens is 380 g/mol. The molecule has 0 saturated carbocycles. The minimum Gasteiger partial charge on any atom is -0.291 e. The monoisotopic (exact) mass is 406 g/mol. The highest BCUT2D eigenvalue weighted by Crippen LogP contribution is 2.38. The van der Waals surface area contributed by atoms with Gasteiger partial charge in [0.25, 0.3) is 0 Å². The molecule has 0 radical (unpaired) electrons. The molecule has 0 aliphatic heterocycles. The van der Waals surface area contributed by atoms with Gasteiger partial charge in [-0.05, 0) is 29.0 Å². The second-order valence-electron chi connectivity index (χ2n) is 8.62. The SMILES string of the molecule is CC(C)c1cccc(C(C)C)c1-n1c(-c2ccccc2)nc2cnc3ccncc3c21. The lowest BCUT2D eigenvalue weighted by Gasteiger charge is -2.22. The standard InChI is InChI=1S/C27H26N4/c1-17(2)20-11-8-12-21(18(3)4)25(20)31-26-22-15-28-14-13-23(22)29-16-24(26)30-27(31)19-9-6-5-7-10-19/h5-18H,1-4H3. The van der Waals surface area contributed by atoms with Crippen LogP contribution >= 0.6 is 0 Å². The molecule has 0 amide bonds. The third-order valence-electron chi connectivity index (χ3n) is 5.88. The molecule has 0 unspecified atom stereocenters. The van der Waals surface area contributed by atoms with Gasteiger partial charge in [0.1, 0.15) is 11.3 Å². The summed E-state index contributed by atoms with van der Waals surface area (Å²) in [6.07, 6.45) is 5.58. The van der Waals surface area contributed by atoms with Crippen molar-refractivity contribution in [1.29, 1.82) is 0 Å². The fourth-order valence-corrected chi connectivity index (χ4v) is 4.37. The lowest BCUT2D eigenvalue weighted by Crippen LogP contribution is -2.08. The van der Waals surface area contributed by atoms with Crippen molar-refractivity contribution in [3.05, 3.63) is 84.3 Å². The molecule has 3 heterocycles. The number of benzene rings is 2. The first-order valence-electron chi connectivity index (χ1n) is 10.9. The topological polar surface area (TPSA) is 43.6 Å². The summed E-state index contributed by atoms with van der Waals surface area (Å²) in [5.41, 5.74) is 7.82. The molecule has 0 atom stereocenters. The lowest BCUT2D eigenvalue weighted by atomic mass is 9.92. The van der Waals surface area contributed by atoms with Crippen LogP contribution in [0.5, 0.6) is 0 Å². The minimum absolute atomic E-state index is 0.376. The molecule has 0 fully saturated rings. The van der Waals surface area contributed by atoms with Crippen molar-refractivity contribution in [3.8, 4) is 17.1 Å². The van der Waals surface area contributed by atoms with E-state index in [1.807, 2.05) is 24.5 Å². The molecule has 0 saturated heterocycles. The van der Waals surface area contributed by atoms with Crippen LogP contribution < -0.4 is 0 Å². The zero-order chi connectivity index (χ0) is 21.5. The summed E-state index contributed by atoms with van der Waals surface area (Å²) in [5, 5.41) is 1.02. The molecular formula is C27H26N4.